The molecule has 26 heavy (non-hydrogen) atoms. The number of hydrogen-bond donors (Lipinski definition) is 0. The first-order valence-corrected chi connectivity index (χ1v) is 9.97. The van der Waals surface area contributed by atoms with E-state index in [-0.39, 0.29) is 5.91 Å². The molecular formula is C20H26N2O3S. The van der Waals surface area contributed by atoms with Crippen molar-refractivity contribution in [3.63, 3.8) is 0 Å². The number of piperazine rings is 1. The van der Waals surface area contributed by atoms with Gasteiger partial charge in [-0.3, -0.25) is 9.69 Å². The molecule has 0 unspecified atom stereocenters. The molecule has 0 aliphatic carbocycles. The van der Waals surface area contributed by atoms with Gasteiger partial charge in [-0.05, 0) is 53.1 Å². The number of carbonyl (C=O) groups excluding carboxylic acids is 1. The summed E-state index contributed by atoms with van der Waals surface area (Å²) in [4.78, 5) is 16.7. The van der Waals surface area contributed by atoms with Gasteiger partial charge in [-0.15, -0.1) is 0 Å². The average molecular weight is 375 g/mol. The molecule has 0 saturated carbocycles. The lowest BCUT2D eigenvalue weighted by molar-refractivity contribution is -0.132. The molecular weight excluding hydrogens is 348 g/mol. The maximum Gasteiger partial charge on any atom is 0.222 e. The molecule has 0 spiro atoms. The normalized spacial score (nSPS) is 15.0. The number of nitrogens with zero attached hydrogens (tertiary/aromatic N) is 2. The molecule has 140 valence electrons. The van der Waals surface area contributed by atoms with E-state index >= 15 is 0 Å². The van der Waals surface area contributed by atoms with Gasteiger partial charge < -0.3 is 14.4 Å². The van der Waals surface area contributed by atoms with Crippen molar-refractivity contribution in [2.24, 2.45) is 0 Å². The van der Waals surface area contributed by atoms with Crippen LogP contribution in [0.25, 0.3) is 0 Å². The number of benzene rings is 1. The first-order valence-electron chi connectivity index (χ1n) is 9.02. The van der Waals surface area contributed by atoms with Crippen LogP contribution in [0, 0.1) is 0 Å². The van der Waals surface area contributed by atoms with E-state index in [0.29, 0.717) is 13.0 Å². The monoisotopic (exact) mass is 374 g/mol. The smallest absolute Gasteiger partial charge is 0.222 e. The molecule has 1 amide bonds. The van der Waals surface area contributed by atoms with E-state index in [1.165, 1.54) is 5.56 Å². The minimum Gasteiger partial charge on any atom is -0.497 e. The summed E-state index contributed by atoms with van der Waals surface area (Å²) >= 11 is 1.69. The first-order chi connectivity index (χ1) is 12.7. The van der Waals surface area contributed by atoms with Gasteiger partial charge in [0.25, 0.3) is 0 Å². The van der Waals surface area contributed by atoms with Crippen LogP contribution in [-0.4, -0.2) is 62.1 Å². The van der Waals surface area contributed by atoms with E-state index in [0.717, 1.165) is 50.6 Å². The average Bonchev–Trinajstić information content (AvgIpc) is 3.21. The molecule has 1 aliphatic heterocycles. The highest BCUT2D eigenvalue weighted by molar-refractivity contribution is 7.07. The van der Waals surface area contributed by atoms with Gasteiger partial charge in [-0.2, -0.15) is 11.3 Å². The summed E-state index contributed by atoms with van der Waals surface area (Å²) in [7, 11) is 1.66. The summed E-state index contributed by atoms with van der Waals surface area (Å²) in [5, 5.41) is 4.18. The summed E-state index contributed by atoms with van der Waals surface area (Å²) in [6.45, 7) is 4.98. The van der Waals surface area contributed by atoms with E-state index < -0.39 is 0 Å². The topological polar surface area (TPSA) is 42.0 Å². The molecule has 0 N–H and O–H groups in total. The van der Waals surface area contributed by atoms with Crippen LogP contribution >= 0.6 is 11.3 Å². The fraction of sp³-hybridized carbons (Fsp3) is 0.450. The molecule has 1 aromatic carbocycles. The minimum atomic E-state index is 0.269. The van der Waals surface area contributed by atoms with Crippen molar-refractivity contribution < 1.29 is 14.3 Å². The van der Waals surface area contributed by atoms with E-state index in [2.05, 4.69) is 21.7 Å². The zero-order valence-electron chi connectivity index (χ0n) is 15.2. The van der Waals surface area contributed by atoms with E-state index in [1.807, 2.05) is 29.2 Å². The number of hydrogen-bond acceptors (Lipinski definition) is 5. The summed E-state index contributed by atoms with van der Waals surface area (Å²) in [5.41, 5.74) is 1.26. The molecule has 0 atom stereocenters. The molecule has 1 saturated heterocycles. The Morgan fingerprint density at radius 1 is 1.08 bits per heavy atom. The Bertz CT molecular complexity index is 665. The summed E-state index contributed by atoms with van der Waals surface area (Å²) in [5.74, 6) is 1.95. The van der Waals surface area contributed by atoms with Crippen molar-refractivity contribution >= 4 is 17.2 Å². The Morgan fingerprint density at radius 2 is 1.81 bits per heavy atom. The van der Waals surface area contributed by atoms with Gasteiger partial charge in [-0.1, -0.05) is 0 Å². The first kappa shape index (κ1) is 18.7. The van der Waals surface area contributed by atoms with Crippen LogP contribution in [-0.2, 0) is 11.2 Å². The van der Waals surface area contributed by atoms with Crippen LogP contribution in [0.4, 0.5) is 0 Å². The predicted octanol–water partition coefficient (Wildman–Crippen LogP) is 2.91. The largest absolute Gasteiger partial charge is 0.497 e. The number of rotatable bonds is 8. The molecule has 0 bridgehead atoms. The highest BCUT2D eigenvalue weighted by Crippen LogP contribution is 2.17. The fourth-order valence-electron chi connectivity index (χ4n) is 3.03. The van der Waals surface area contributed by atoms with Crippen molar-refractivity contribution in [1.29, 1.82) is 0 Å². The van der Waals surface area contributed by atoms with Crippen LogP contribution in [0.3, 0.4) is 0 Å². The molecule has 0 radical (unpaired) electrons. The zero-order chi connectivity index (χ0) is 18.2. The second-order valence-electron chi connectivity index (χ2n) is 6.38. The molecule has 1 aliphatic rings. The summed E-state index contributed by atoms with van der Waals surface area (Å²) in [6, 6.07) is 9.73. The maximum absolute atomic E-state index is 12.3. The third-order valence-electron chi connectivity index (χ3n) is 4.67. The van der Waals surface area contributed by atoms with Crippen LogP contribution in [0.1, 0.15) is 12.0 Å². The van der Waals surface area contributed by atoms with Crippen molar-refractivity contribution in [3.8, 4) is 11.5 Å². The summed E-state index contributed by atoms with van der Waals surface area (Å²) < 4.78 is 10.9. The lowest BCUT2D eigenvalue weighted by Gasteiger charge is -2.34. The van der Waals surface area contributed by atoms with Gasteiger partial charge >= 0.3 is 0 Å². The molecule has 5 nitrogen and oxygen atoms in total. The highest BCUT2D eigenvalue weighted by Gasteiger charge is 2.20. The van der Waals surface area contributed by atoms with Gasteiger partial charge in [0.1, 0.15) is 18.1 Å². The lowest BCUT2D eigenvalue weighted by Crippen LogP contribution is -2.49. The van der Waals surface area contributed by atoms with Crippen molar-refractivity contribution in [2.75, 3.05) is 46.4 Å². The van der Waals surface area contributed by atoms with E-state index in [9.17, 15) is 4.79 Å². The number of amides is 1. The Morgan fingerprint density at radius 3 is 2.46 bits per heavy atom. The Labute approximate surface area is 159 Å². The number of carbonyl (C=O) groups is 1. The maximum atomic E-state index is 12.3. The third-order valence-corrected chi connectivity index (χ3v) is 5.40. The number of aryl methyl sites for hydroxylation is 1. The minimum absolute atomic E-state index is 0.269. The summed E-state index contributed by atoms with van der Waals surface area (Å²) in [6.07, 6.45) is 1.45. The molecule has 3 rings (SSSR count). The Hall–Kier alpha value is -2.05. The molecule has 2 aromatic rings. The molecule has 1 fully saturated rings. The lowest BCUT2D eigenvalue weighted by atomic mass is 10.1. The zero-order valence-corrected chi connectivity index (χ0v) is 16.0. The van der Waals surface area contributed by atoms with Crippen molar-refractivity contribution in [1.82, 2.24) is 9.80 Å². The standard InChI is InChI=1S/C20H26N2O3S/c1-24-18-3-5-19(6-4-18)25-14-13-21-9-11-22(12-10-21)20(23)7-2-17-8-15-26-16-17/h3-6,8,15-16H,2,7,9-14H2,1H3. The Kier molecular flexibility index (Phi) is 6.91. The van der Waals surface area contributed by atoms with Crippen LogP contribution < -0.4 is 9.47 Å². The van der Waals surface area contributed by atoms with Crippen molar-refractivity contribution in [2.45, 2.75) is 12.8 Å². The second kappa shape index (κ2) is 9.59. The van der Waals surface area contributed by atoms with Crippen LogP contribution in [0.5, 0.6) is 11.5 Å². The van der Waals surface area contributed by atoms with Crippen LogP contribution in [0.15, 0.2) is 41.1 Å². The van der Waals surface area contributed by atoms with Gasteiger partial charge in [0.2, 0.25) is 5.91 Å². The van der Waals surface area contributed by atoms with Gasteiger partial charge in [0.15, 0.2) is 0 Å². The van der Waals surface area contributed by atoms with Crippen LogP contribution in [0.2, 0.25) is 0 Å². The quantitative estimate of drug-likeness (QED) is 0.713. The highest BCUT2D eigenvalue weighted by atomic mass is 32.1. The van der Waals surface area contributed by atoms with Gasteiger partial charge in [0.05, 0.1) is 7.11 Å². The number of thiophene rings is 1. The van der Waals surface area contributed by atoms with E-state index in [1.54, 1.807) is 18.4 Å². The predicted molar refractivity (Wildman–Crippen MR) is 104 cm³/mol. The number of methoxy groups -OCH3 is 1. The van der Waals surface area contributed by atoms with Gasteiger partial charge in [0, 0.05) is 39.1 Å². The molecule has 2 heterocycles. The Balaban J connectivity index is 1.32. The SMILES string of the molecule is COc1ccc(OCCN2CCN(C(=O)CCc3ccsc3)CC2)cc1. The third kappa shape index (κ3) is 5.47. The second-order valence-corrected chi connectivity index (χ2v) is 7.16. The van der Waals surface area contributed by atoms with Crippen molar-refractivity contribution in [3.05, 3.63) is 46.7 Å². The van der Waals surface area contributed by atoms with Gasteiger partial charge in [-0.25, -0.2) is 0 Å². The number of ether oxygens (including phenoxy) is 2. The molecule has 1 aromatic heterocycles. The fourth-order valence-corrected chi connectivity index (χ4v) is 3.73. The van der Waals surface area contributed by atoms with E-state index in [4.69, 9.17) is 9.47 Å². The molecule has 6 heteroatoms.